The number of nitrogens with zero attached hydrogens (tertiary/aromatic N) is 3. The van der Waals surface area contributed by atoms with Crippen LogP contribution >= 0.6 is 0 Å². The van der Waals surface area contributed by atoms with Crippen LogP contribution < -0.4 is 0 Å². The molecule has 1 aliphatic rings. The van der Waals surface area contributed by atoms with Crippen molar-refractivity contribution in [1.29, 1.82) is 0 Å². The molecule has 3 heterocycles. The number of aryl methyl sites for hydroxylation is 1. The molecule has 132 valence electrons. The number of benzene rings is 1. The zero-order valence-corrected chi connectivity index (χ0v) is 14.6. The summed E-state index contributed by atoms with van der Waals surface area (Å²) in [6, 6.07) is 10.4. The zero-order chi connectivity index (χ0) is 17.2. The molecule has 1 fully saturated rings. The van der Waals surface area contributed by atoms with Gasteiger partial charge in [0.25, 0.3) is 5.89 Å². The molecule has 0 radical (unpaired) electrons. The zero-order valence-electron chi connectivity index (χ0n) is 14.6. The highest BCUT2D eigenvalue weighted by Crippen LogP contribution is 2.29. The third-order valence-corrected chi connectivity index (χ3v) is 4.45. The van der Waals surface area contributed by atoms with Crippen LogP contribution in [0.2, 0.25) is 0 Å². The van der Waals surface area contributed by atoms with Crippen LogP contribution in [-0.4, -0.2) is 34.3 Å². The Morgan fingerprint density at radius 1 is 1.16 bits per heavy atom. The van der Waals surface area contributed by atoms with E-state index in [4.69, 9.17) is 13.9 Å². The van der Waals surface area contributed by atoms with Crippen LogP contribution in [0, 0.1) is 0 Å². The van der Waals surface area contributed by atoms with Gasteiger partial charge in [-0.15, -0.1) is 10.2 Å². The van der Waals surface area contributed by atoms with Gasteiger partial charge in [-0.25, -0.2) is 0 Å². The predicted molar refractivity (Wildman–Crippen MR) is 94.2 cm³/mol. The summed E-state index contributed by atoms with van der Waals surface area (Å²) >= 11 is 0. The smallest absolute Gasteiger partial charge is 0.264 e. The molecule has 0 N–H and O–H groups in total. The molecule has 0 atom stereocenters. The summed E-state index contributed by atoms with van der Waals surface area (Å²) in [5, 5.41) is 9.59. The Hall–Kier alpha value is -2.18. The van der Waals surface area contributed by atoms with E-state index in [9.17, 15) is 0 Å². The Balaban J connectivity index is 1.67. The maximum atomic E-state index is 5.89. The molecule has 4 rings (SSSR count). The monoisotopic (exact) mass is 341 g/mol. The third-order valence-electron chi connectivity index (χ3n) is 4.45. The van der Waals surface area contributed by atoms with Gasteiger partial charge in [0, 0.05) is 29.8 Å². The molecule has 25 heavy (non-hydrogen) atoms. The van der Waals surface area contributed by atoms with Crippen molar-refractivity contribution >= 4 is 10.9 Å². The fourth-order valence-electron chi connectivity index (χ4n) is 3.14. The molecule has 0 amide bonds. The average Bonchev–Trinajstić information content (AvgIpc) is 3.26. The Bertz CT molecular complexity index is 847. The number of fused-ring (bicyclic) bond motifs is 1. The van der Waals surface area contributed by atoms with Gasteiger partial charge >= 0.3 is 0 Å². The minimum absolute atomic E-state index is 0.142. The van der Waals surface area contributed by atoms with E-state index in [-0.39, 0.29) is 12.2 Å². The molecule has 1 aliphatic heterocycles. The lowest BCUT2D eigenvalue weighted by Gasteiger charge is -2.23. The van der Waals surface area contributed by atoms with Crippen molar-refractivity contribution in [3.8, 4) is 11.6 Å². The fourth-order valence-corrected chi connectivity index (χ4v) is 3.14. The first-order valence-corrected chi connectivity index (χ1v) is 8.87. The topological polar surface area (TPSA) is 62.3 Å². The molecule has 0 saturated carbocycles. The number of hydrogen-bond acceptors (Lipinski definition) is 5. The Morgan fingerprint density at radius 2 is 1.96 bits per heavy atom. The van der Waals surface area contributed by atoms with E-state index >= 15 is 0 Å². The standard InChI is InChI=1S/C19H23N3O3/c1-13(2)18-20-21-19(25-18)16-12-14-6-3-4-7-15(14)22(16)9-8-17-23-10-5-11-24-17/h3-4,6-7,12-13,17H,5,8-11H2,1-2H3. The summed E-state index contributed by atoms with van der Waals surface area (Å²) in [6.07, 6.45) is 1.61. The molecule has 2 aromatic heterocycles. The second-order valence-corrected chi connectivity index (χ2v) is 6.65. The van der Waals surface area contributed by atoms with Crippen LogP contribution in [0.3, 0.4) is 0 Å². The number of rotatable bonds is 5. The maximum Gasteiger partial charge on any atom is 0.264 e. The van der Waals surface area contributed by atoms with Gasteiger partial charge in [-0.05, 0) is 18.6 Å². The van der Waals surface area contributed by atoms with Crippen molar-refractivity contribution in [3.63, 3.8) is 0 Å². The molecule has 0 spiro atoms. The van der Waals surface area contributed by atoms with Crippen molar-refractivity contribution in [2.45, 2.75) is 45.4 Å². The van der Waals surface area contributed by atoms with Crippen molar-refractivity contribution < 1.29 is 13.9 Å². The van der Waals surface area contributed by atoms with E-state index in [1.165, 1.54) is 0 Å². The fraction of sp³-hybridized carbons (Fsp3) is 0.474. The number of hydrogen-bond donors (Lipinski definition) is 0. The summed E-state index contributed by atoms with van der Waals surface area (Å²) in [5.74, 6) is 1.43. The lowest BCUT2D eigenvalue weighted by atomic mass is 10.2. The van der Waals surface area contributed by atoms with Gasteiger partial charge in [-0.2, -0.15) is 0 Å². The molecule has 0 bridgehead atoms. The molecule has 6 nitrogen and oxygen atoms in total. The van der Waals surface area contributed by atoms with Crippen LogP contribution in [0.4, 0.5) is 0 Å². The minimum Gasteiger partial charge on any atom is -0.419 e. The first-order chi connectivity index (χ1) is 12.2. The van der Waals surface area contributed by atoms with Crippen LogP contribution in [-0.2, 0) is 16.0 Å². The predicted octanol–water partition coefficient (Wildman–Crippen LogP) is 3.97. The van der Waals surface area contributed by atoms with Crippen molar-refractivity contribution in [2.24, 2.45) is 0 Å². The van der Waals surface area contributed by atoms with Crippen molar-refractivity contribution in [2.75, 3.05) is 13.2 Å². The molecular formula is C19H23N3O3. The lowest BCUT2D eigenvalue weighted by Crippen LogP contribution is -2.26. The van der Waals surface area contributed by atoms with Crippen LogP contribution in [0.1, 0.15) is 38.5 Å². The molecule has 0 aliphatic carbocycles. The highest BCUT2D eigenvalue weighted by Gasteiger charge is 2.20. The first kappa shape index (κ1) is 16.3. The molecule has 1 saturated heterocycles. The number of para-hydroxylation sites is 1. The molecule has 6 heteroatoms. The van der Waals surface area contributed by atoms with Crippen LogP contribution in [0.5, 0.6) is 0 Å². The molecular weight excluding hydrogens is 318 g/mol. The summed E-state index contributed by atoms with van der Waals surface area (Å²) in [4.78, 5) is 0. The minimum atomic E-state index is -0.142. The van der Waals surface area contributed by atoms with Gasteiger partial charge in [-0.1, -0.05) is 32.0 Å². The van der Waals surface area contributed by atoms with E-state index in [0.717, 1.165) is 49.2 Å². The van der Waals surface area contributed by atoms with Gasteiger partial charge in [0.05, 0.1) is 13.2 Å². The van der Waals surface area contributed by atoms with Gasteiger partial charge in [0.2, 0.25) is 5.89 Å². The van der Waals surface area contributed by atoms with Gasteiger partial charge < -0.3 is 18.5 Å². The Labute approximate surface area is 146 Å². The van der Waals surface area contributed by atoms with Gasteiger partial charge in [0.1, 0.15) is 5.69 Å². The summed E-state index contributed by atoms with van der Waals surface area (Å²) in [5.41, 5.74) is 2.09. The van der Waals surface area contributed by atoms with E-state index in [1.54, 1.807) is 0 Å². The lowest BCUT2D eigenvalue weighted by molar-refractivity contribution is -0.182. The average molecular weight is 341 g/mol. The van der Waals surface area contributed by atoms with Gasteiger partial charge in [-0.3, -0.25) is 0 Å². The van der Waals surface area contributed by atoms with Crippen LogP contribution in [0.15, 0.2) is 34.7 Å². The second kappa shape index (κ2) is 6.98. The second-order valence-electron chi connectivity index (χ2n) is 6.65. The normalized spacial score (nSPS) is 16.1. The first-order valence-electron chi connectivity index (χ1n) is 8.87. The third kappa shape index (κ3) is 3.32. The summed E-state index contributed by atoms with van der Waals surface area (Å²) in [7, 11) is 0. The van der Waals surface area contributed by atoms with E-state index in [1.807, 2.05) is 26.0 Å². The molecule has 0 unspecified atom stereocenters. The van der Waals surface area contributed by atoms with Crippen LogP contribution in [0.25, 0.3) is 22.5 Å². The quantitative estimate of drug-likeness (QED) is 0.703. The summed E-state index contributed by atoms with van der Waals surface area (Å²) in [6.45, 7) is 6.40. The Morgan fingerprint density at radius 3 is 2.72 bits per heavy atom. The highest BCUT2D eigenvalue weighted by atomic mass is 16.7. The molecule has 3 aromatic rings. The summed E-state index contributed by atoms with van der Waals surface area (Å²) < 4.78 is 19.5. The number of ether oxygens (including phenoxy) is 2. The van der Waals surface area contributed by atoms with Crippen molar-refractivity contribution in [1.82, 2.24) is 14.8 Å². The maximum absolute atomic E-state index is 5.89. The number of aromatic nitrogens is 3. The Kier molecular flexibility index (Phi) is 4.55. The SMILES string of the molecule is CC(C)c1nnc(-c2cc3ccccc3n2CCC2OCCCO2)o1. The van der Waals surface area contributed by atoms with E-state index in [0.29, 0.717) is 11.8 Å². The van der Waals surface area contributed by atoms with E-state index in [2.05, 4.69) is 33.0 Å². The van der Waals surface area contributed by atoms with E-state index < -0.39 is 0 Å². The highest BCUT2D eigenvalue weighted by molar-refractivity contribution is 5.85. The largest absolute Gasteiger partial charge is 0.419 e. The molecule has 1 aromatic carbocycles. The van der Waals surface area contributed by atoms with Gasteiger partial charge in [0.15, 0.2) is 6.29 Å². The van der Waals surface area contributed by atoms with Crippen molar-refractivity contribution in [3.05, 3.63) is 36.2 Å².